The molecule has 0 spiro atoms. The van der Waals surface area contributed by atoms with Crippen LogP contribution >= 0.6 is 11.6 Å². The summed E-state index contributed by atoms with van der Waals surface area (Å²) in [6.45, 7) is 0.682. The molecule has 0 saturated heterocycles. The van der Waals surface area contributed by atoms with Crippen molar-refractivity contribution >= 4 is 22.5 Å². The van der Waals surface area contributed by atoms with Crippen LogP contribution in [-0.4, -0.2) is 11.1 Å². The molecular formula is C17H17ClN2. The zero-order valence-corrected chi connectivity index (χ0v) is 12.0. The van der Waals surface area contributed by atoms with E-state index in [4.69, 9.17) is 17.3 Å². The van der Waals surface area contributed by atoms with Gasteiger partial charge in [0.2, 0.25) is 0 Å². The molecule has 3 aromatic rings. The average molecular weight is 285 g/mol. The molecule has 0 radical (unpaired) electrons. The first-order valence-electron chi connectivity index (χ1n) is 6.86. The molecule has 2 N–H and O–H groups in total. The predicted molar refractivity (Wildman–Crippen MR) is 85.7 cm³/mol. The Hall–Kier alpha value is -1.77. The number of aryl methyl sites for hydroxylation is 1. The Labute approximate surface area is 123 Å². The molecule has 0 aliphatic rings. The first kappa shape index (κ1) is 13.2. The second kappa shape index (κ2) is 5.70. The molecule has 102 valence electrons. The largest absolute Gasteiger partial charge is 0.330 e. The summed E-state index contributed by atoms with van der Waals surface area (Å²) in [6.07, 6.45) is 1.86. The summed E-state index contributed by atoms with van der Waals surface area (Å²) in [4.78, 5) is 0. The normalized spacial score (nSPS) is 11.1. The highest BCUT2D eigenvalue weighted by atomic mass is 35.5. The number of benzene rings is 2. The number of halogens is 1. The van der Waals surface area contributed by atoms with E-state index in [1.807, 2.05) is 24.3 Å². The van der Waals surface area contributed by atoms with E-state index >= 15 is 0 Å². The van der Waals surface area contributed by atoms with Crippen LogP contribution in [0.15, 0.2) is 54.6 Å². The van der Waals surface area contributed by atoms with Gasteiger partial charge in [-0.1, -0.05) is 48.0 Å². The number of fused-ring (bicyclic) bond motifs is 1. The second-order valence-corrected chi connectivity index (χ2v) is 5.21. The van der Waals surface area contributed by atoms with Gasteiger partial charge in [-0.2, -0.15) is 0 Å². The van der Waals surface area contributed by atoms with Crippen LogP contribution in [0, 0.1) is 0 Å². The molecule has 0 fully saturated rings. The monoisotopic (exact) mass is 284 g/mol. The molecule has 0 amide bonds. The van der Waals surface area contributed by atoms with Gasteiger partial charge in [-0.3, -0.25) is 4.57 Å². The Morgan fingerprint density at radius 3 is 2.40 bits per heavy atom. The van der Waals surface area contributed by atoms with E-state index in [1.54, 1.807) is 0 Å². The minimum Gasteiger partial charge on any atom is -0.330 e. The summed E-state index contributed by atoms with van der Waals surface area (Å²) in [5, 5.41) is 2.01. The number of para-hydroxylation sites is 2. The van der Waals surface area contributed by atoms with Crippen molar-refractivity contribution in [2.24, 2.45) is 5.73 Å². The molecule has 0 saturated carbocycles. The van der Waals surface area contributed by atoms with Crippen molar-refractivity contribution in [2.75, 3.05) is 6.54 Å². The maximum absolute atomic E-state index is 6.64. The molecule has 1 heterocycles. The van der Waals surface area contributed by atoms with Crippen molar-refractivity contribution < 1.29 is 0 Å². The van der Waals surface area contributed by atoms with E-state index < -0.39 is 0 Å². The van der Waals surface area contributed by atoms with Crippen molar-refractivity contribution in [1.29, 1.82) is 0 Å². The lowest BCUT2D eigenvalue weighted by Gasteiger charge is -2.07. The van der Waals surface area contributed by atoms with Gasteiger partial charge in [-0.25, -0.2) is 0 Å². The Bertz CT molecular complexity index is 716. The maximum Gasteiger partial charge on any atom is 0.117 e. The topological polar surface area (TPSA) is 30.9 Å². The summed E-state index contributed by atoms with van der Waals surface area (Å²) in [5.41, 5.74) is 9.07. The Balaban J connectivity index is 2.24. The van der Waals surface area contributed by atoms with E-state index in [0.717, 1.165) is 29.2 Å². The summed E-state index contributed by atoms with van der Waals surface area (Å²) >= 11 is 6.64. The summed E-state index contributed by atoms with van der Waals surface area (Å²) in [5.74, 6) is 0. The number of nitrogens with two attached hydrogens (primary N) is 1. The fourth-order valence-corrected chi connectivity index (χ4v) is 3.01. The Morgan fingerprint density at radius 1 is 0.950 bits per heavy atom. The van der Waals surface area contributed by atoms with Gasteiger partial charge in [0.25, 0.3) is 0 Å². The highest BCUT2D eigenvalue weighted by Crippen LogP contribution is 2.33. The molecule has 3 rings (SSSR count). The van der Waals surface area contributed by atoms with Gasteiger partial charge >= 0.3 is 0 Å². The quantitative estimate of drug-likeness (QED) is 0.766. The van der Waals surface area contributed by atoms with Crippen LogP contribution in [0.25, 0.3) is 16.6 Å². The maximum atomic E-state index is 6.64. The Kier molecular flexibility index (Phi) is 3.77. The van der Waals surface area contributed by atoms with Gasteiger partial charge in [-0.05, 0) is 43.1 Å². The first-order valence-corrected chi connectivity index (χ1v) is 7.24. The molecule has 0 atom stereocenters. The smallest absolute Gasteiger partial charge is 0.117 e. The SMILES string of the molecule is NCCCc1c(Cl)n(-c2ccccc2)c2ccccc12. The van der Waals surface area contributed by atoms with Crippen molar-refractivity contribution in [3.8, 4) is 5.69 Å². The third-order valence-electron chi connectivity index (χ3n) is 3.56. The number of aromatic nitrogens is 1. The molecular weight excluding hydrogens is 268 g/mol. The second-order valence-electron chi connectivity index (χ2n) is 4.85. The van der Waals surface area contributed by atoms with Crippen molar-refractivity contribution in [3.05, 3.63) is 65.3 Å². The van der Waals surface area contributed by atoms with Crippen LogP contribution in [0.2, 0.25) is 5.15 Å². The third kappa shape index (κ3) is 2.21. The molecule has 2 nitrogen and oxygen atoms in total. The molecule has 3 heteroatoms. The lowest BCUT2D eigenvalue weighted by molar-refractivity contribution is 0.835. The minimum atomic E-state index is 0.682. The average Bonchev–Trinajstić information content (AvgIpc) is 2.78. The molecule has 0 aliphatic heterocycles. The van der Waals surface area contributed by atoms with Gasteiger partial charge < -0.3 is 5.73 Å². The number of hydrogen-bond donors (Lipinski definition) is 1. The highest BCUT2D eigenvalue weighted by molar-refractivity contribution is 6.32. The predicted octanol–water partition coefficient (Wildman–Crippen LogP) is 4.18. The zero-order valence-electron chi connectivity index (χ0n) is 11.2. The van der Waals surface area contributed by atoms with Gasteiger partial charge in [0, 0.05) is 11.1 Å². The molecule has 0 unspecified atom stereocenters. The standard InChI is InChI=1S/C17H17ClN2/c18-17-15(10-6-12-19)14-9-4-5-11-16(14)20(17)13-7-2-1-3-8-13/h1-5,7-9,11H,6,10,12,19H2. The van der Waals surface area contributed by atoms with Gasteiger partial charge in [-0.15, -0.1) is 0 Å². The van der Waals surface area contributed by atoms with Gasteiger partial charge in [0.05, 0.1) is 5.52 Å². The minimum absolute atomic E-state index is 0.682. The number of rotatable bonds is 4. The van der Waals surface area contributed by atoms with Crippen LogP contribution in [0.5, 0.6) is 0 Å². The van der Waals surface area contributed by atoms with Crippen LogP contribution < -0.4 is 5.73 Å². The van der Waals surface area contributed by atoms with Crippen LogP contribution in [0.4, 0.5) is 0 Å². The van der Waals surface area contributed by atoms with Crippen molar-refractivity contribution in [1.82, 2.24) is 4.57 Å². The van der Waals surface area contributed by atoms with Crippen LogP contribution in [0.3, 0.4) is 0 Å². The van der Waals surface area contributed by atoms with E-state index in [0.29, 0.717) is 6.54 Å². The first-order chi connectivity index (χ1) is 9.83. The van der Waals surface area contributed by atoms with E-state index in [9.17, 15) is 0 Å². The summed E-state index contributed by atoms with van der Waals surface area (Å²) in [7, 11) is 0. The van der Waals surface area contributed by atoms with E-state index in [-0.39, 0.29) is 0 Å². The zero-order chi connectivity index (χ0) is 13.9. The summed E-state index contributed by atoms with van der Waals surface area (Å²) in [6, 6.07) is 18.6. The lowest BCUT2D eigenvalue weighted by Crippen LogP contribution is -2.00. The number of nitrogens with zero attached hydrogens (tertiary/aromatic N) is 1. The third-order valence-corrected chi connectivity index (χ3v) is 3.96. The fourth-order valence-electron chi connectivity index (χ4n) is 2.62. The summed E-state index contributed by atoms with van der Waals surface area (Å²) < 4.78 is 2.11. The van der Waals surface area contributed by atoms with Gasteiger partial charge in [0.15, 0.2) is 0 Å². The van der Waals surface area contributed by atoms with Gasteiger partial charge in [0.1, 0.15) is 5.15 Å². The molecule has 20 heavy (non-hydrogen) atoms. The fraction of sp³-hybridized carbons (Fsp3) is 0.176. The van der Waals surface area contributed by atoms with Crippen LogP contribution in [-0.2, 0) is 6.42 Å². The molecule has 2 aromatic carbocycles. The molecule has 1 aromatic heterocycles. The van der Waals surface area contributed by atoms with E-state index in [2.05, 4.69) is 34.9 Å². The van der Waals surface area contributed by atoms with E-state index in [1.165, 1.54) is 10.9 Å². The molecule has 0 bridgehead atoms. The lowest BCUT2D eigenvalue weighted by atomic mass is 10.1. The van der Waals surface area contributed by atoms with Crippen molar-refractivity contribution in [3.63, 3.8) is 0 Å². The van der Waals surface area contributed by atoms with Crippen LogP contribution in [0.1, 0.15) is 12.0 Å². The number of hydrogen-bond acceptors (Lipinski definition) is 1. The Morgan fingerprint density at radius 2 is 1.65 bits per heavy atom. The molecule has 0 aliphatic carbocycles. The highest BCUT2D eigenvalue weighted by Gasteiger charge is 2.15. The van der Waals surface area contributed by atoms with Crippen molar-refractivity contribution in [2.45, 2.75) is 12.8 Å².